The summed E-state index contributed by atoms with van der Waals surface area (Å²) in [6.45, 7) is 2.15. The molecule has 0 spiro atoms. The van der Waals surface area contributed by atoms with Crippen LogP contribution in [0.15, 0.2) is 46.2 Å². The van der Waals surface area contributed by atoms with Crippen molar-refractivity contribution in [2.24, 2.45) is 18.9 Å². The Morgan fingerprint density at radius 3 is 2.61 bits per heavy atom. The van der Waals surface area contributed by atoms with Crippen molar-refractivity contribution < 1.29 is 9.26 Å². The smallest absolute Gasteiger partial charge is 0.280 e. The second-order valence-electron chi connectivity index (χ2n) is 8.21. The standard InChI is InChI=1S/C21H21N7O3/c1-26-10-22-20-18(26)21(29)28(11-23-20)9-16-24-19(25-31-16)17-14-7-27(8-15(14)17)12-3-5-13(30-2)6-4-12/h3-6,10-11,14-15,17H,7-9H2,1-2H3. The van der Waals surface area contributed by atoms with Gasteiger partial charge in [-0.1, -0.05) is 5.16 Å². The molecule has 31 heavy (non-hydrogen) atoms. The van der Waals surface area contributed by atoms with Crippen LogP contribution in [0.3, 0.4) is 0 Å². The Morgan fingerprint density at radius 1 is 1.13 bits per heavy atom. The normalized spacial score (nSPS) is 22.1. The minimum absolute atomic E-state index is 0.178. The third-order valence-corrected chi connectivity index (χ3v) is 6.42. The monoisotopic (exact) mass is 419 g/mol. The summed E-state index contributed by atoms with van der Waals surface area (Å²) in [6, 6.07) is 8.16. The minimum Gasteiger partial charge on any atom is -0.497 e. The lowest BCUT2D eigenvalue weighted by atomic mass is 10.2. The third kappa shape index (κ3) is 2.89. The SMILES string of the molecule is COc1ccc(N2CC3C(C2)C3c2noc(Cn3cnc4ncn(C)c4c3=O)n2)cc1. The van der Waals surface area contributed by atoms with Gasteiger partial charge in [0, 0.05) is 31.7 Å². The van der Waals surface area contributed by atoms with Gasteiger partial charge < -0.3 is 18.7 Å². The van der Waals surface area contributed by atoms with Crippen LogP contribution in [0.5, 0.6) is 5.75 Å². The maximum Gasteiger partial charge on any atom is 0.280 e. The van der Waals surface area contributed by atoms with Gasteiger partial charge >= 0.3 is 0 Å². The number of piperidine rings is 1. The van der Waals surface area contributed by atoms with E-state index in [1.165, 1.54) is 16.6 Å². The molecule has 6 rings (SSSR count). The molecule has 1 saturated heterocycles. The number of ether oxygens (including phenoxy) is 1. The fourth-order valence-electron chi connectivity index (χ4n) is 4.71. The van der Waals surface area contributed by atoms with E-state index in [1.807, 2.05) is 12.1 Å². The number of hydrogen-bond acceptors (Lipinski definition) is 8. The summed E-state index contributed by atoms with van der Waals surface area (Å²) in [5.74, 6) is 3.40. The van der Waals surface area contributed by atoms with Crippen molar-refractivity contribution >= 4 is 16.9 Å². The van der Waals surface area contributed by atoms with Gasteiger partial charge in [-0.15, -0.1) is 0 Å². The van der Waals surface area contributed by atoms with E-state index in [4.69, 9.17) is 9.26 Å². The molecule has 2 fully saturated rings. The van der Waals surface area contributed by atoms with E-state index in [-0.39, 0.29) is 12.1 Å². The van der Waals surface area contributed by atoms with Crippen LogP contribution >= 0.6 is 0 Å². The van der Waals surface area contributed by atoms with Gasteiger partial charge in [0.25, 0.3) is 5.56 Å². The lowest BCUT2D eigenvalue weighted by molar-refractivity contribution is 0.363. The topological polar surface area (TPSA) is 104 Å². The van der Waals surface area contributed by atoms with Crippen LogP contribution in [-0.2, 0) is 13.6 Å². The molecule has 4 aromatic rings. The molecule has 1 saturated carbocycles. The van der Waals surface area contributed by atoms with Gasteiger partial charge in [0.1, 0.15) is 18.6 Å². The Morgan fingerprint density at radius 2 is 1.87 bits per heavy atom. The minimum atomic E-state index is -0.178. The van der Waals surface area contributed by atoms with Crippen molar-refractivity contribution in [1.82, 2.24) is 29.2 Å². The second-order valence-corrected chi connectivity index (χ2v) is 8.21. The summed E-state index contributed by atoms with van der Waals surface area (Å²) < 4.78 is 13.8. The summed E-state index contributed by atoms with van der Waals surface area (Å²) in [7, 11) is 3.45. The predicted molar refractivity (Wildman–Crippen MR) is 111 cm³/mol. The van der Waals surface area contributed by atoms with Gasteiger partial charge in [-0.05, 0) is 36.1 Å². The van der Waals surface area contributed by atoms with Crippen LogP contribution in [-0.4, -0.2) is 49.4 Å². The second kappa shape index (κ2) is 6.66. The molecule has 10 heteroatoms. The van der Waals surface area contributed by atoms with Crippen LogP contribution in [0.1, 0.15) is 17.6 Å². The highest BCUT2D eigenvalue weighted by atomic mass is 16.5. The molecule has 2 aliphatic rings. The number of imidazole rings is 1. The van der Waals surface area contributed by atoms with Gasteiger partial charge in [0.05, 0.1) is 13.4 Å². The van der Waals surface area contributed by atoms with Crippen molar-refractivity contribution in [3.05, 3.63) is 59.0 Å². The molecule has 0 bridgehead atoms. The van der Waals surface area contributed by atoms with Crippen molar-refractivity contribution in [2.45, 2.75) is 12.5 Å². The van der Waals surface area contributed by atoms with Crippen molar-refractivity contribution in [3.8, 4) is 5.75 Å². The molecule has 158 valence electrons. The summed E-state index contributed by atoms with van der Waals surface area (Å²) in [5, 5.41) is 4.20. The number of nitrogens with zero attached hydrogens (tertiary/aromatic N) is 7. The van der Waals surface area contributed by atoms with Crippen LogP contribution in [0.25, 0.3) is 11.2 Å². The number of fused-ring (bicyclic) bond motifs is 2. The fourth-order valence-corrected chi connectivity index (χ4v) is 4.71. The molecule has 2 atom stereocenters. The van der Waals surface area contributed by atoms with Crippen molar-refractivity contribution in [1.29, 1.82) is 0 Å². The van der Waals surface area contributed by atoms with Crippen LogP contribution in [0.2, 0.25) is 0 Å². The number of rotatable bonds is 5. The van der Waals surface area contributed by atoms with E-state index in [2.05, 4.69) is 37.1 Å². The zero-order valence-corrected chi connectivity index (χ0v) is 17.2. The van der Waals surface area contributed by atoms with E-state index in [0.29, 0.717) is 34.8 Å². The average Bonchev–Trinajstić information content (AvgIpc) is 3.21. The zero-order chi connectivity index (χ0) is 21.1. The predicted octanol–water partition coefficient (Wildman–Crippen LogP) is 1.42. The van der Waals surface area contributed by atoms with Gasteiger partial charge in [0.15, 0.2) is 17.0 Å². The highest BCUT2D eigenvalue weighted by molar-refractivity contribution is 5.68. The van der Waals surface area contributed by atoms with Crippen molar-refractivity contribution in [2.75, 3.05) is 25.1 Å². The summed E-state index contributed by atoms with van der Waals surface area (Å²) in [6.07, 6.45) is 3.05. The van der Waals surface area contributed by atoms with Gasteiger partial charge in [0.2, 0.25) is 5.89 Å². The van der Waals surface area contributed by atoms with Crippen LogP contribution in [0, 0.1) is 11.8 Å². The number of methoxy groups -OCH3 is 1. The average molecular weight is 419 g/mol. The molecule has 4 heterocycles. The Labute approximate surface area is 177 Å². The van der Waals surface area contributed by atoms with Crippen molar-refractivity contribution in [3.63, 3.8) is 0 Å². The molecular weight excluding hydrogens is 398 g/mol. The number of aryl methyl sites for hydroxylation is 1. The zero-order valence-electron chi connectivity index (χ0n) is 17.2. The highest BCUT2D eigenvalue weighted by Crippen LogP contribution is 2.57. The van der Waals surface area contributed by atoms with Crippen LogP contribution < -0.4 is 15.2 Å². The molecule has 2 unspecified atom stereocenters. The Kier molecular flexibility index (Phi) is 3.89. The summed E-state index contributed by atoms with van der Waals surface area (Å²) in [5.41, 5.74) is 1.92. The summed E-state index contributed by atoms with van der Waals surface area (Å²) >= 11 is 0. The number of benzene rings is 1. The fraction of sp³-hybridized carbons (Fsp3) is 0.381. The Bertz CT molecular complexity index is 1310. The molecule has 1 aromatic carbocycles. The summed E-state index contributed by atoms with van der Waals surface area (Å²) in [4.78, 5) is 28.0. The first-order valence-electron chi connectivity index (χ1n) is 10.2. The molecule has 3 aromatic heterocycles. The number of anilines is 1. The third-order valence-electron chi connectivity index (χ3n) is 6.42. The Hall–Kier alpha value is -3.69. The van der Waals surface area contributed by atoms with E-state index in [0.717, 1.165) is 24.7 Å². The highest BCUT2D eigenvalue weighted by Gasteiger charge is 2.58. The molecule has 1 aliphatic carbocycles. The molecule has 1 aliphatic heterocycles. The molecule has 0 amide bonds. The first-order chi connectivity index (χ1) is 15.1. The van der Waals surface area contributed by atoms with Gasteiger partial charge in [-0.2, -0.15) is 4.98 Å². The molecule has 0 N–H and O–H groups in total. The number of aromatic nitrogens is 6. The molecule has 10 nitrogen and oxygen atoms in total. The molecular formula is C21H21N7O3. The maximum atomic E-state index is 12.7. The first-order valence-corrected chi connectivity index (χ1v) is 10.2. The first kappa shape index (κ1) is 18.1. The lowest BCUT2D eigenvalue weighted by Crippen LogP contribution is -2.23. The largest absolute Gasteiger partial charge is 0.497 e. The van der Waals surface area contributed by atoms with E-state index < -0.39 is 0 Å². The van der Waals surface area contributed by atoms with E-state index >= 15 is 0 Å². The number of hydrogen-bond donors (Lipinski definition) is 0. The van der Waals surface area contributed by atoms with E-state index in [1.54, 1.807) is 25.1 Å². The Balaban J connectivity index is 1.15. The van der Waals surface area contributed by atoms with E-state index in [9.17, 15) is 4.79 Å². The molecule has 0 radical (unpaired) electrons. The van der Waals surface area contributed by atoms with Gasteiger partial charge in [-0.25, -0.2) is 9.97 Å². The van der Waals surface area contributed by atoms with Gasteiger partial charge in [-0.3, -0.25) is 9.36 Å². The maximum absolute atomic E-state index is 12.7. The lowest BCUT2D eigenvalue weighted by Gasteiger charge is -2.21. The quantitative estimate of drug-likeness (QED) is 0.478. The van der Waals surface area contributed by atoms with Crippen LogP contribution in [0.4, 0.5) is 5.69 Å².